The van der Waals surface area contributed by atoms with E-state index >= 15 is 0 Å². The summed E-state index contributed by atoms with van der Waals surface area (Å²) in [6, 6.07) is 40.2. The van der Waals surface area contributed by atoms with Crippen molar-refractivity contribution in [3.05, 3.63) is 120 Å². The predicted octanol–water partition coefficient (Wildman–Crippen LogP) is 10.9. The van der Waals surface area contributed by atoms with Crippen LogP contribution < -0.4 is 0 Å². The molecule has 0 aliphatic carbocycles. The average Bonchev–Trinajstić information content (AvgIpc) is 3.84. The molecule has 4 heterocycles. The summed E-state index contributed by atoms with van der Waals surface area (Å²) in [5.74, 6) is 3.20. The fourth-order valence-electron chi connectivity index (χ4n) is 5.28. The topological polar surface area (TPSA) is 73.9 Å². The van der Waals surface area contributed by atoms with Crippen LogP contribution in [0.1, 0.15) is 11.1 Å². The van der Waals surface area contributed by atoms with Crippen molar-refractivity contribution in [1.29, 1.82) is 10.5 Å². The van der Waals surface area contributed by atoms with E-state index in [1.807, 2.05) is 71.2 Å². The van der Waals surface area contributed by atoms with Crippen LogP contribution in [0.4, 0.5) is 0 Å². The molecule has 0 aliphatic heterocycles. The van der Waals surface area contributed by atoms with Gasteiger partial charge in [0.05, 0.1) is 32.7 Å². The summed E-state index contributed by atoms with van der Waals surface area (Å²) < 4.78 is 17.5. The van der Waals surface area contributed by atoms with Gasteiger partial charge >= 0.3 is 0 Å². The Morgan fingerprint density at radius 3 is 1.17 bits per heavy atom. The molecule has 8 rings (SSSR count). The van der Waals surface area contributed by atoms with Gasteiger partial charge in [-0.05, 0) is 84.9 Å². The van der Waals surface area contributed by atoms with Gasteiger partial charge < -0.3 is 8.83 Å². The van der Waals surface area contributed by atoms with E-state index in [0.29, 0.717) is 11.1 Å². The van der Waals surface area contributed by atoms with Gasteiger partial charge in [0.25, 0.3) is 0 Å². The van der Waals surface area contributed by atoms with Crippen LogP contribution in [0.15, 0.2) is 118 Å². The molecule has 0 bridgehead atoms. The smallest absolute Gasteiger partial charge is 0.134 e. The first-order chi connectivity index (χ1) is 20.7. The highest BCUT2D eigenvalue weighted by Gasteiger charge is 2.16. The number of benzene rings is 4. The highest BCUT2D eigenvalue weighted by atomic mass is 32.1. The fraction of sp³-hybridized carbons (Fsp3) is 0. The summed E-state index contributed by atoms with van der Waals surface area (Å²) in [4.78, 5) is 0. The number of fused-ring (bicyclic) bond motifs is 5. The van der Waals surface area contributed by atoms with Crippen LogP contribution in [-0.2, 0) is 0 Å². The lowest BCUT2D eigenvalue weighted by Crippen LogP contribution is -1.76. The molecule has 0 saturated heterocycles. The van der Waals surface area contributed by atoms with E-state index < -0.39 is 0 Å². The number of hydrogen-bond donors (Lipinski definition) is 0. The van der Waals surface area contributed by atoms with Gasteiger partial charge in [0, 0.05) is 42.4 Å². The van der Waals surface area contributed by atoms with Crippen LogP contribution in [0, 0.1) is 22.7 Å². The first-order valence-corrected chi connectivity index (χ1v) is 14.9. The van der Waals surface area contributed by atoms with Gasteiger partial charge in [-0.15, -0.1) is 22.7 Å². The van der Waals surface area contributed by atoms with E-state index in [0.717, 1.165) is 45.3 Å². The molecule has 0 N–H and O–H groups in total. The average molecular weight is 575 g/mol. The van der Waals surface area contributed by atoms with Crippen molar-refractivity contribution in [1.82, 2.24) is 0 Å². The lowest BCUT2D eigenvalue weighted by molar-refractivity contribution is 0.597. The highest BCUT2D eigenvalue weighted by molar-refractivity contribution is 7.36. The summed E-state index contributed by atoms with van der Waals surface area (Å²) >= 11 is 3.62. The second-order valence-corrected chi connectivity index (χ2v) is 12.1. The minimum Gasteiger partial charge on any atom is -0.456 e. The molecule has 8 aromatic rings. The molecule has 0 fully saturated rings. The van der Waals surface area contributed by atoms with Crippen molar-refractivity contribution in [3.8, 4) is 57.4 Å². The zero-order valence-corrected chi connectivity index (χ0v) is 23.6. The van der Waals surface area contributed by atoms with E-state index in [4.69, 9.17) is 19.4 Å². The normalized spacial score (nSPS) is 11.3. The van der Waals surface area contributed by atoms with Crippen LogP contribution in [0.5, 0.6) is 0 Å². The van der Waals surface area contributed by atoms with Gasteiger partial charge in [-0.25, -0.2) is 0 Å². The van der Waals surface area contributed by atoms with E-state index in [9.17, 15) is 0 Å². The van der Waals surface area contributed by atoms with Gasteiger partial charge in [0.15, 0.2) is 0 Å². The Hall–Kier alpha value is -5.40. The van der Waals surface area contributed by atoms with Crippen molar-refractivity contribution in [2.24, 2.45) is 0 Å². The minimum atomic E-state index is 0.632. The molecule has 0 aliphatic rings. The molecule has 196 valence electrons. The molecule has 4 aromatic heterocycles. The highest BCUT2D eigenvalue weighted by Crippen LogP contribution is 2.46. The van der Waals surface area contributed by atoms with Crippen LogP contribution in [-0.4, -0.2) is 0 Å². The first kappa shape index (κ1) is 24.4. The van der Waals surface area contributed by atoms with Crippen LogP contribution in [0.2, 0.25) is 0 Å². The lowest BCUT2D eigenvalue weighted by Gasteiger charge is -2.00. The Morgan fingerprint density at radius 2 is 0.786 bits per heavy atom. The quantitative estimate of drug-likeness (QED) is 0.210. The monoisotopic (exact) mass is 574 g/mol. The van der Waals surface area contributed by atoms with E-state index in [-0.39, 0.29) is 0 Å². The Morgan fingerprint density at radius 1 is 0.429 bits per heavy atom. The summed E-state index contributed by atoms with van der Waals surface area (Å²) in [6.07, 6.45) is 0. The largest absolute Gasteiger partial charge is 0.456 e. The van der Waals surface area contributed by atoms with E-state index in [1.165, 1.54) is 29.6 Å². The zero-order chi connectivity index (χ0) is 28.2. The first-order valence-electron chi connectivity index (χ1n) is 13.3. The van der Waals surface area contributed by atoms with Crippen molar-refractivity contribution in [2.75, 3.05) is 0 Å². The minimum absolute atomic E-state index is 0.632. The fourth-order valence-corrected chi connectivity index (χ4v) is 8.01. The van der Waals surface area contributed by atoms with Crippen molar-refractivity contribution in [2.45, 2.75) is 0 Å². The number of furan rings is 2. The molecular weight excluding hydrogens is 557 g/mol. The second kappa shape index (κ2) is 9.61. The molecule has 42 heavy (non-hydrogen) atoms. The van der Waals surface area contributed by atoms with Crippen molar-refractivity contribution < 1.29 is 8.83 Å². The van der Waals surface area contributed by atoms with Gasteiger partial charge in [0.2, 0.25) is 0 Å². The third-order valence-corrected chi connectivity index (χ3v) is 9.96. The lowest BCUT2D eigenvalue weighted by atomic mass is 10.1. The van der Waals surface area contributed by atoms with E-state index in [2.05, 4.69) is 48.5 Å². The molecule has 0 spiro atoms. The Balaban J connectivity index is 1.11. The second-order valence-electron chi connectivity index (χ2n) is 9.99. The number of rotatable bonds is 4. The Kier molecular flexibility index (Phi) is 5.58. The van der Waals surface area contributed by atoms with Crippen molar-refractivity contribution >= 4 is 52.2 Å². The maximum Gasteiger partial charge on any atom is 0.134 e. The Labute approximate surface area is 248 Å². The molecule has 0 unspecified atom stereocenters. The van der Waals surface area contributed by atoms with Crippen LogP contribution in [0.25, 0.3) is 74.9 Å². The Bertz CT molecular complexity index is 2200. The molecule has 4 nitrogen and oxygen atoms in total. The van der Waals surface area contributed by atoms with E-state index in [1.54, 1.807) is 24.3 Å². The third kappa shape index (κ3) is 4.02. The standard InChI is InChI=1S/C36H18N2O2S2/c37-19-21-1-5-23(6-2-21)29-13-15-31(39-29)25-9-11-27-33(17-25)41-36-28-12-10-26(18-34(28)42-35(27)36)32-16-14-30(40-32)24-7-3-22(20-38)4-8-24/h1-18H. The molecule has 0 saturated carbocycles. The van der Waals surface area contributed by atoms with Gasteiger partial charge in [-0.1, -0.05) is 24.3 Å². The number of hydrogen-bond acceptors (Lipinski definition) is 6. The van der Waals surface area contributed by atoms with Crippen molar-refractivity contribution in [3.63, 3.8) is 0 Å². The molecule has 0 radical (unpaired) electrons. The van der Waals surface area contributed by atoms with Crippen LogP contribution in [0.3, 0.4) is 0 Å². The molecular formula is C36H18N2O2S2. The molecule has 6 heteroatoms. The SMILES string of the molecule is N#Cc1ccc(-c2ccc(-c3ccc4c(c3)sc3c5ccc(-c6ccc(-c7ccc(C#N)cc7)o6)cc5sc43)o2)cc1. The maximum atomic E-state index is 9.06. The summed E-state index contributed by atoms with van der Waals surface area (Å²) in [7, 11) is 0. The maximum absolute atomic E-state index is 9.06. The molecule has 0 amide bonds. The van der Waals surface area contributed by atoms with Gasteiger partial charge in [0.1, 0.15) is 23.0 Å². The summed E-state index contributed by atoms with van der Waals surface area (Å²) in [5, 5.41) is 20.6. The van der Waals surface area contributed by atoms with Gasteiger partial charge in [-0.3, -0.25) is 0 Å². The number of nitrogens with zero attached hydrogens (tertiary/aromatic N) is 2. The third-order valence-electron chi connectivity index (χ3n) is 7.46. The number of thiophene rings is 2. The predicted molar refractivity (Wildman–Crippen MR) is 170 cm³/mol. The molecule has 0 atom stereocenters. The zero-order valence-electron chi connectivity index (χ0n) is 21.9. The summed E-state index contributed by atoms with van der Waals surface area (Å²) in [5.41, 5.74) is 5.24. The summed E-state index contributed by atoms with van der Waals surface area (Å²) in [6.45, 7) is 0. The molecule has 4 aromatic carbocycles. The van der Waals surface area contributed by atoms with Gasteiger partial charge in [-0.2, -0.15) is 10.5 Å². The van der Waals surface area contributed by atoms with Crippen LogP contribution >= 0.6 is 22.7 Å². The number of nitriles is 2.